The normalized spacial score (nSPS) is 10.6. The molecule has 2 aromatic heterocycles. The van der Waals surface area contributed by atoms with Crippen LogP contribution >= 0.6 is 0 Å². The van der Waals surface area contributed by atoms with E-state index in [1.807, 2.05) is 17.7 Å². The summed E-state index contributed by atoms with van der Waals surface area (Å²) in [5.74, 6) is -1.10. The van der Waals surface area contributed by atoms with E-state index in [0.29, 0.717) is 13.1 Å². The van der Waals surface area contributed by atoms with Gasteiger partial charge in [-0.25, -0.2) is 4.79 Å². The van der Waals surface area contributed by atoms with E-state index in [1.165, 1.54) is 17.1 Å². The number of amides is 1. The maximum Gasteiger partial charge on any atom is 0.338 e. The van der Waals surface area contributed by atoms with Crippen molar-refractivity contribution < 1.29 is 14.7 Å². The summed E-state index contributed by atoms with van der Waals surface area (Å²) in [4.78, 5) is 22.4. The minimum Gasteiger partial charge on any atom is -0.478 e. The molecule has 0 saturated heterocycles. The third-order valence-electron chi connectivity index (χ3n) is 3.25. The molecule has 0 unspecified atom stereocenters. The Kier molecular flexibility index (Phi) is 5.29. The number of nitrogens with one attached hydrogen (secondary N) is 1. The Morgan fingerprint density at radius 2 is 2.14 bits per heavy atom. The Morgan fingerprint density at radius 3 is 2.77 bits per heavy atom. The minimum atomic E-state index is -1.02. The summed E-state index contributed by atoms with van der Waals surface area (Å²) in [6.07, 6.45) is 5.51. The van der Waals surface area contributed by atoms with Crippen molar-refractivity contribution in [2.45, 2.75) is 32.9 Å². The van der Waals surface area contributed by atoms with E-state index >= 15 is 0 Å². The molecular formula is C14H19N5O3. The van der Waals surface area contributed by atoms with E-state index in [0.717, 1.165) is 18.7 Å². The molecule has 0 aliphatic heterocycles. The summed E-state index contributed by atoms with van der Waals surface area (Å²) in [6, 6.07) is 1.94. The molecule has 0 aliphatic rings. The third kappa shape index (κ3) is 4.44. The van der Waals surface area contributed by atoms with Gasteiger partial charge >= 0.3 is 5.97 Å². The molecule has 8 nitrogen and oxygen atoms in total. The van der Waals surface area contributed by atoms with Crippen LogP contribution in [-0.4, -0.2) is 43.1 Å². The number of carbonyl (C=O) groups excluding carboxylic acids is 1. The van der Waals surface area contributed by atoms with Crippen LogP contribution < -0.4 is 5.32 Å². The second-order valence-corrected chi connectivity index (χ2v) is 4.95. The lowest BCUT2D eigenvalue weighted by Gasteiger charge is -2.07. The number of hydrogen-bond acceptors (Lipinski definition) is 4. The topological polar surface area (TPSA) is 102 Å². The molecule has 118 valence electrons. The van der Waals surface area contributed by atoms with Crippen molar-refractivity contribution in [1.82, 2.24) is 24.9 Å². The average molecular weight is 305 g/mol. The van der Waals surface area contributed by atoms with Gasteiger partial charge < -0.3 is 10.4 Å². The van der Waals surface area contributed by atoms with Crippen LogP contribution in [-0.2, 0) is 17.9 Å². The number of aromatic carboxylic acids is 1. The van der Waals surface area contributed by atoms with Crippen molar-refractivity contribution in [2.75, 3.05) is 6.54 Å². The van der Waals surface area contributed by atoms with Gasteiger partial charge in [-0.3, -0.25) is 14.2 Å². The molecule has 22 heavy (non-hydrogen) atoms. The van der Waals surface area contributed by atoms with Crippen LogP contribution in [0.1, 0.15) is 28.9 Å². The molecule has 0 aromatic carbocycles. The summed E-state index contributed by atoms with van der Waals surface area (Å²) in [6.45, 7) is 3.69. The van der Waals surface area contributed by atoms with Gasteiger partial charge in [-0.05, 0) is 19.4 Å². The fourth-order valence-electron chi connectivity index (χ4n) is 1.99. The number of carboxylic acids is 1. The lowest BCUT2D eigenvalue weighted by atomic mass is 10.3. The fraction of sp³-hybridized carbons (Fsp3) is 0.429. The van der Waals surface area contributed by atoms with Crippen molar-refractivity contribution in [3.63, 3.8) is 0 Å². The van der Waals surface area contributed by atoms with E-state index in [2.05, 4.69) is 15.5 Å². The summed E-state index contributed by atoms with van der Waals surface area (Å²) in [5.41, 5.74) is 1.22. The number of hydrogen-bond donors (Lipinski definition) is 2. The lowest BCUT2D eigenvalue weighted by molar-refractivity contribution is -0.121. The standard InChI is InChI=1S/C14H19N5O3/c1-11-3-6-16-19(11)7-2-5-15-13(20)4-8-18-10-12(9-17-18)14(21)22/h3,6,9-10H,2,4-5,7-8H2,1H3,(H,15,20)(H,21,22). The highest BCUT2D eigenvalue weighted by Crippen LogP contribution is 1.99. The highest BCUT2D eigenvalue weighted by molar-refractivity contribution is 5.86. The highest BCUT2D eigenvalue weighted by Gasteiger charge is 2.07. The zero-order valence-corrected chi connectivity index (χ0v) is 12.4. The Labute approximate surface area is 127 Å². The molecule has 2 aromatic rings. The summed E-state index contributed by atoms with van der Waals surface area (Å²) < 4.78 is 3.35. The van der Waals surface area contributed by atoms with E-state index in [1.54, 1.807) is 6.20 Å². The largest absolute Gasteiger partial charge is 0.478 e. The molecule has 2 heterocycles. The summed E-state index contributed by atoms with van der Waals surface area (Å²) in [7, 11) is 0. The molecule has 1 amide bonds. The summed E-state index contributed by atoms with van der Waals surface area (Å²) >= 11 is 0. The Morgan fingerprint density at radius 1 is 1.32 bits per heavy atom. The first kappa shape index (κ1) is 15.7. The molecule has 0 radical (unpaired) electrons. The van der Waals surface area contributed by atoms with Crippen LogP contribution in [0, 0.1) is 6.92 Å². The Balaban J connectivity index is 1.63. The zero-order valence-electron chi connectivity index (χ0n) is 12.4. The van der Waals surface area contributed by atoms with Gasteiger partial charge in [0.2, 0.25) is 5.91 Å². The SMILES string of the molecule is Cc1ccnn1CCCNC(=O)CCn1cc(C(=O)O)cn1. The van der Waals surface area contributed by atoms with Gasteiger partial charge in [0, 0.05) is 44.1 Å². The molecule has 0 fully saturated rings. The molecule has 0 atom stereocenters. The lowest BCUT2D eigenvalue weighted by Crippen LogP contribution is -2.26. The van der Waals surface area contributed by atoms with Crippen molar-refractivity contribution in [3.8, 4) is 0 Å². The van der Waals surface area contributed by atoms with Gasteiger partial charge in [-0.1, -0.05) is 0 Å². The number of carboxylic acid groups (broad SMARTS) is 1. The average Bonchev–Trinajstić information content (AvgIpc) is 3.11. The van der Waals surface area contributed by atoms with Crippen LogP contribution in [0.15, 0.2) is 24.7 Å². The first-order valence-electron chi connectivity index (χ1n) is 7.07. The van der Waals surface area contributed by atoms with Crippen molar-refractivity contribution in [3.05, 3.63) is 35.9 Å². The minimum absolute atomic E-state index is 0.0791. The zero-order chi connectivity index (χ0) is 15.9. The first-order chi connectivity index (χ1) is 10.6. The molecule has 8 heteroatoms. The first-order valence-corrected chi connectivity index (χ1v) is 7.07. The van der Waals surface area contributed by atoms with Gasteiger partial charge in [0.1, 0.15) is 0 Å². The van der Waals surface area contributed by atoms with Gasteiger partial charge in [-0.15, -0.1) is 0 Å². The van der Waals surface area contributed by atoms with Crippen LogP contribution in [0.2, 0.25) is 0 Å². The molecule has 0 spiro atoms. The number of aryl methyl sites for hydroxylation is 3. The maximum absolute atomic E-state index is 11.7. The second kappa shape index (κ2) is 7.39. The van der Waals surface area contributed by atoms with Crippen molar-refractivity contribution in [2.24, 2.45) is 0 Å². The third-order valence-corrected chi connectivity index (χ3v) is 3.25. The molecule has 0 aliphatic carbocycles. The summed E-state index contributed by atoms with van der Waals surface area (Å²) in [5, 5.41) is 19.7. The van der Waals surface area contributed by atoms with Crippen LogP contribution in [0.4, 0.5) is 0 Å². The van der Waals surface area contributed by atoms with Gasteiger partial charge in [-0.2, -0.15) is 10.2 Å². The van der Waals surface area contributed by atoms with Crippen LogP contribution in [0.5, 0.6) is 0 Å². The monoisotopic (exact) mass is 305 g/mol. The quantitative estimate of drug-likeness (QED) is 0.698. The van der Waals surface area contributed by atoms with Gasteiger partial charge in [0.15, 0.2) is 0 Å². The smallest absolute Gasteiger partial charge is 0.338 e. The second-order valence-electron chi connectivity index (χ2n) is 4.95. The van der Waals surface area contributed by atoms with Crippen molar-refractivity contribution >= 4 is 11.9 Å². The molecule has 2 N–H and O–H groups in total. The number of nitrogens with zero attached hydrogens (tertiary/aromatic N) is 4. The molecule has 2 rings (SSSR count). The Bertz CT molecular complexity index is 646. The van der Waals surface area contributed by atoms with Crippen LogP contribution in [0.25, 0.3) is 0 Å². The molecular weight excluding hydrogens is 286 g/mol. The van der Waals surface area contributed by atoms with Crippen molar-refractivity contribution in [1.29, 1.82) is 0 Å². The predicted octanol–water partition coefficient (Wildman–Crippen LogP) is 0.683. The van der Waals surface area contributed by atoms with Gasteiger partial charge in [0.05, 0.1) is 11.8 Å². The number of aromatic nitrogens is 4. The highest BCUT2D eigenvalue weighted by atomic mass is 16.4. The van der Waals surface area contributed by atoms with Gasteiger partial charge in [0.25, 0.3) is 0 Å². The molecule has 0 bridgehead atoms. The molecule has 0 saturated carbocycles. The van der Waals surface area contributed by atoms with E-state index in [4.69, 9.17) is 5.11 Å². The predicted molar refractivity (Wildman–Crippen MR) is 78.4 cm³/mol. The Hall–Kier alpha value is -2.64. The fourth-order valence-corrected chi connectivity index (χ4v) is 1.99. The van der Waals surface area contributed by atoms with E-state index in [-0.39, 0.29) is 17.9 Å². The number of rotatable bonds is 8. The van der Waals surface area contributed by atoms with E-state index in [9.17, 15) is 9.59 Å². The van der Waals surface area contributed by atoms with E-state index < -0.39 is 5.97 Å². The van der Waals surface area contributed by atoms with Crippen LogP contribution in [0.3, 0.4) is 0 Å². The number of carbonyl (C=O) groups is 2. The maximum atomic E-state index is 11.7.